The summed E-state index contributed by atoms with van der Waals surface area (Å²) in [6, 6.07) is 13.5. The highest BCUT2D eigenvalue weighted by atomic mass is 35.5. The van der Waals surface area contributed by atoms with E-state index in [1.54, 1.807) is 53.1 Å². The van der Waals surface area contributed by atoms with E-state index in [2.05, 4.69) is 17.6 Å². The summed E-state index contributed by atoms with van der Waals surface area (Å²) in [4.78, 5) is 43.8. The molecular weight excluding hydrogens is 562 g/mol. The number of aliphatic hydroxyl groups excluding tert-OH is 1. The summed E-state index contributed by atoms with van der Waals surface area (Å²) in [5.41, 5.74) is 1.26. The number of likely N-dealkylation sites (tertiary alicyclic amines) is 1. The van der Waals surface area contributed by atoms with Crippen LogP contribution in [0.25, 0.3) is 0 Å². The Morgan fingerprint density at radius 1 is 1.00 bits per heavy atom. The Morgan fingerprint density at radius 3 is 2.29 bits per heavy atom. The smallest absolute Gasteiger partial charge is 0.248 e. The van der Waals surface area contributed by atoms with E-state index in [0.29, 0.717) is 42.4 Å². The van der Waals surface area contributed by atoms with E-state index in [1.165, 1.54) is 0 Å². The van der Waals surface area contributed by atoms with Crippen LogP contribution in [-0.4, -0.2) is 63.0 Å². The number of aliphatic hydroxyl groups is 1. The number of halogens is 1. The van der Waals surface area contributed by atoms with Crippen LogP contribution >= 0.6 is 23.4 Å². The van der Waals surface area contributed by atoms with Crippen molar-refractivity contribution in [1.29, 1.82) is 0 Å². The van der Waals surface area contributed by atoms with Gasteiger partial charge in [-0.1, -0.05) is 24.4 Å². The largest absolute Gasteiger partial charge is 0.494 e. The van der Waals surface area contributed by atoms with Gasteiger partial charge in [-0.2, -0.15) is 0 Å². The second kappa shape index (κ2) is 12.2. The van der Waals surface area contributed by atoms with Crippen molar-refractivity contribution < 1.29 is 24.2 Å². The lowest BCUT2D eigenvalue weighted by molar-refractivity contribution is -0.139. The summed E-state index contributed by atoms with van der Waals surface area (Å²) in [5.74, 6) is -0.972. The number of thioether (sulfide) groups is 1. The van der Waals surface area contributed by atoms with Crippen LogP contribution in [0.1, 0.15) is 52.4 Å². The van der Waals surface area contributed by atoms with Crippen molar-refractivity contribution in [2.45, 2.75) is 67.9 Å². The van der Waals surface area contributed by atoms with Crippen molar-refractivity contribution >= 4 is 52.5 Å². The van der Waals surface area contributed by atoms with Gasteiger partial charge in [-0.25, -0.2) is 0 Å². The summed E-state index contributed by atoms with van der Waals surface area (Å²) in [5, 5.41) is 15.8. The highest BCUT2D eigenvalue weighted by molar-refractivity contribution is 8.02. The molecule has 8 nitrogen and oxygen atoms in total. The van der Waals surface area contributed by atoms with E-state index in [1.807, 2.05) is 19.1 Å². The van der Waals surface area contributed by atoms with Crippen LogP contribution < -0.4 is 15.4 Å². The summed E-state index contributed by atoms with van der Waals surface area (Å²) < 4.78 is 4.37. The fraction of sp³-hybridized carbons (Fsp3) is 0.516. The Balaban J connectivity index is 1.42. The van der Waals surface area contributed by atoms with Gasteiger partial charge in [0.05, 0.1) is 23.2 Å². The van der Waals surface area contributed by atoms with E-state index < -0.39 is 27.4 Å². The van der Waals surface area contributed by atoms with Crippen molar-refractivity contribution in [2.24, 2.45) is 11.8 Å². The fourth-order valence-corrected chi connectivity index (χ4v) is 9.36. The van der Waals surface area contributed by atoms with Crippen LogP contribution in [0.4, 0.5) is 11.4 Å². The molecule has 0 aliphatic carbocycles. The quantitative estimate of drug-likeness (QED) is 0.284. The summed E-state index contributed by atoms with van der Waals surface area (Å²) in [6.45, 7) is 5.11. The highest BCUT2D eigenvalue weighted by Gasteiger charge is 2.77. The number of fused-ring (bicyclic) bond motifs is 1. The maximum absolute atomic E-state index is 14.2. The first-order valence-corrected chi connectivity index (χ1v) is 15.6. The molecule has 5 atom stereocenters. The van der Waals surface area contributed by atoms with E-state index in [-0.39, 0.29) is 24.3 Å². The van der Waals surface area contributed by atoms with Gasteiger partial charge < -0.3 is 25.4 Å². The van der Waals surface area contributed by atoms with Gasteiger partial charge >= 0.3 is 0 Å². The Bertz CT molecular complexity index is 1280. The van der Waals surface area contributed by atoms with Crippen molar-refractivity contribution in [1.82, 2.24) is 4.90 Å². The molecule has 10 heteroatoms. The van der Waals surface area contributed by atoms with Crippen LogP contribution in [-0.2, 0) is 14.4 Å². The van der Waals surface area contributed by atoms with E-state index in [4.69, 9.17) is 21.4 Å². The molecule has 2 aromatic carbocycles. The van der Waals surface area contributed by atoms with Gasteiger partial charge in [0.2, 0.25) is 17.7 Å². The number of carbonyl (C=O) groups excluding carboxylic acids is 3. The number of amides is 3. The topological polar surface area (TPSA) is 108 Å². The number of anilines is 2. The van der Waals surface area contributed by atoms with Crippen molar-refractivity contribution in [3.8, 4) is 5.75 Å². The monoisotopic (exact) mass is 599 g/mol. The molecule has 220 valence electrons. The Labute approximate surface area is 250 Å². The molecule has 0 saturated carbocycles. The standard InChI is InChI=1S/C31H38ClN3O5S/c1-3-40-23-14-12-22(13-15-23)33-27(37)24-25-29(39)35(18-6-4-5-7-19-36)26(31(25)17-16-30(24,2)41-31)28(38)34-21-10-8-20(32)9-11-21/h8-15,24-26,36H,3-7,16-19H2,1-2H3,(H,33,37)(H,34,38)/t24-,25-,26?,30+,31?/m0/s1. The van der Waals surface area contributed by atoms with Gasteiger partial charge in [-0.3, -0.25) is 14.4 Å². The van der Waals surface area contributed by atoms with Gasteiger partial charge in [0, 0.05) is 34.3 Å². The molecule has 3 N–H and O–H groups in total. The maximum Gasteiger partial charge on any atom is 0.248 e. The van der Waals surface area contributed by atoms with Crippen molar-refractivity contribution in [3.63, 3.8) is 0 Å². The van der Waals surface area contributed by atoms with E-state index in [0.717, 1.165) is 31.4 Å². The lowest BCUT2D eigenvalue weighted by Crippen LogP contribution is -2.51. The predicted molar refractivity (Wildman–Crippen MR) is 162 cm³/mol. The van der Waals surface area contributed by atoms with Gasteiger partial charge in [0.25, 0.3) is 0 Å². The summed E-state index contributed by atoms with van der Waals surface area (Å²) in [7, 11) is 0. The Kier molecular flexibility index (Phi) is 8.87. The fourth-order valence-electron chi connectivity index (χ4n) is 6.88. The third-order valence-electron chi connectivity index (χ3n) is 8.66. The number of nitrogens with zero attached hydrogens (tertiary/aromatic N) is 1. The van der Waals surface area contributed by atoms with Gasteiger partial charge in [-0.15, -0.1) is 11.8 Å². The molecule has 1 spiro atoms. The number of benzene rings is 2. The zero-order valence-corrected chi connectivity index (χ0v) is 25.1. The molecule has 41 heavy (non-hydrogen) atoms. The minimum absolute atomic E-state index is 0.119. The number of unbranched alkanes of at least 4 members (excludes halogenated alkanes) is 3. The molecule has 3 fully saturated rings. The average molecular weight is 600 g/mol. The Morgan fingerprint density at radius 2 is 1.63 bits per heavy atom. The summed E-state index contributed by atoms with van der Waals surface area (Å²) in [6.07, 6.45) is 4.58. The molecule has 2 unspecified atom stereocenters. The number of rotatable bonds is 12. The van der Waals surface area contributed by atoms with Crippen LogP contribution in [0.15, 0.2) is 48.5 Å². The lowest BCUT2D eigenvalue weighted by Gasteiger charge is -2.34. The number of carbonyl (C=O) groups is 3. The minimum atomic E-state index is -0.691. The molecule has 3 saturated heterocycles. The number of nitrogens with one attached hydrogen (secondary N) is 2. The van der Waals surface area contributed by atoms with Crippen molar-refractivity contribution in [2.75, 3.05) is 30.4 Å². The molecule has 5 rings (SSSR count). The van der Waals surface area contributed by atoms with Crippen LogP contribution in [0.2, 0.25) is 5.02 Å². The van der Waals surface area contributed by atoms with Gasteiger partial charge in [0.1, 0.15) is 11.8 Å². The molecule has 0 aromatic heterocycles. The second-order valence-electron chi connectivity index (χ2n) is 11.3. The third-order valence-corrected chi connectivity index (χ3v) is 10.9. The zero-order valence-electron chi connectivity index (χ0n) is 23.5. The summed E-state index contributed by atoms with van der Waals surface area (Å²) >= 11 is 7.70. The van der Waals surface area contributed by atoms with Gasteiger partial charge in [-0.05, 0) is 88.1 Å². The van der Waals surface area contributed by atoms with E-state index in [9.17, 15) is 14.4 Å². The van der Waals surface area contributed by atoms with Crippen LogP contribution in [0.5, 0.6) is 5.75 Å². The van der Waals surface area contributed by atoms with Gasteiger partial charge in [0.15, 0.2) is 0 Å². The van der Waals surface area contributed by atoms with Crippen LogP contribution in [0, 0.1) is 11.8 Å². The minimum Gasteiger partial charge on any atom is -0.494 e. The Hall–Kier alpha value is -2.75. The number of hydrogen-bond donors (Lipinski definition) is 3. The zero-order chi connectivity index (χ0) is 29.2. The molecular formula is C31H38ClN3O5S. The number of ether oxygens (including phenoxy) is 1. The molecule has 0 radical (unpaired) electrons. The van der Waals surface area contributed by atoms with E-state index >= 15 is 0 Å². The first-order valence-electron chi connectivity index (χ1n) is 14.4. The third kappa shape index (κ3) is 5.68. The highest BCUT2D eigenvalue weighted by Crippen LogP contribution is 2.71. The predicted octanol–water partition coefficient (Wildman–Crippen LogP) is 5.35. The molecule has 2 aromatic rings. The first kappa shape index (κ1) is 29.7. The molecule has 3 aliphatic heterocycles. The van der Waals surface area contributed by atoms with Crippen LogP contribution in [0.3, 0.4) is 0 Å². The SMILES string of the molecule is CCOc1ccc(NC(=O)[C@@H]2[C@H]3C(=O)N(CCCCCCO)C(C(=O)Nc4ccc(Cl)cc4)C34CC[C@@]2(C)S4)cc1. The maximum atomic E-state index is 14.2. The molecule has 3 aliphatic rings. The molecule has 3 heterocycles. The molecule has 3 amide bonds. The van der Waals surface area contributed by atoms with Crippen molar-refractivity contribution in [3.05, 3.63) is 53.6 Å². The number of hydrogen-bond acceptors (Lipinski definition) is 6. The average Bonchev–Trinajstić information content (AvgIpc) is 3.51. The second-order valence-corrected chi connectivity index (χ2v) is 13.7. The first-order chi connectivity index (χ1) is 19.7. The normalized spacial score (nSPS) is 28.0. The lowest BCUT2D eigenvalue weighted by atomic mass is 9.66. The molecule has 2 bridgehead atoms.